The molecule has 6 nitrogen and oxygen atoms in total. The van der Waals surface area contributed by atoms with Crippen molar-refractivity contribution >= 4 is 5.97 Å². The van der Waals surface area contributed by atoms with Crippen LogP contribution in [0.15, 0.2) is 4.52 Å². The smallest absolute Gasteiger partial charge is 0.303 e. The minimum absolute atomic E-state index is 0.0299. The van der Waals surface area contributed by atoms with Crippen molar-refractivity contribution in [1.82, 2.24) is 15.0 Å². The summed E-state index contributed by atoms with van der Waals surface area (Å²) in [6, 6.07) is 0.224. The molecule has 88 valence electrons. The average molecular weight is 225 g/mol. The lowest BCUT2D eigenvalue weighted by atomic mass is 10.2. The number of carbonyl (C=O) groups is 1. The number of hydrogen-bond donors (Lipinski definition) is 1. The fraction of sp³-hybridized carbons (Fsp3) is 0.700. The predicted octanol–water partition coefficient (Wildman–Crippen LogP) is 0.854. The lowest BCUT2D eigenvalue weighted by molar-refractivity contribution is -0.137. The normalized spacial score (nSPS) is 21.4. The van der Waals surface area contributed by atoms with Crippen LogP contribution in [-0.4, -0.2) is 39.7 Å². The Hall–Kier alpha value is -1.43. The Morgan fingerprint density at radius 3 is 3.12 bits per heavy atom. The van der Waals surface area contributed by atoms with Crippen LogP contribution in [0.1, 0.15) is 37.0 Å². The van der Waals surface area contributed by atoms with Gasteiger partial charge in [-0.1, -0.05) is 5.16 Å². The first-order valence-electron chi connectivity index (χ1n) is 5.41. The van der Waals surface area contributed by atoms with Crippen molar-refractivity contribution in [1.29, 1.82) is 0 Å². The third-order valence-corrected chi connectivity index (χ3v) is 2.86. The van der Waals surface area contributed by atoms with E-state index in [0.29, 0.717) is 18.1 Å². The quantitative estimate of drug-likeness (QED) is 0.818. The first kappa shape index (κ1) is 11.1. The summed E-state index contributed by atoms with van der Waals surface area (Å²) in [7, 11) is 2.03. The van der Waals surface area contributed by atoms with Crippen LogP contribution in [0.4, 0.5) is 0 Å². The molecule has 1 saturated heterocycles. The molecular formula is C10H15N3O3. The monoisotopic (exact) mass is 225 g/mol. The summed E-state index contributed by atoms with van der Waals surface area (Å²) in [6.07, 6.45) is 2.51. The molecule has 1 fully saturated rings. The third-order valence-electron chi connectivity index (χ3n) is 2.86. The first-order chi connectivity index (χ1) is 7.66. The van der Waals surface area contributed by atoms with Gasteiger partial charge in [-0.05, 0) is 26.4 Å². The number of aryl methyl sites for hydroxylation is 1. The van der Waals surface area contributed by atoms with E-state index in [1.165, 1.54) is 0 Å². The predicted molar refractivity (Wildman–Crippen MR) is 54.9 cm³/mol. The minimum atomic E-state index is -0.849. The number of carboxylic acids is 1. The molecule has 1 atom stereocenters. The highest BCUT2D eigenvalue weighted by Gasteiger charge is 2.26. The van der Waals surface area contributed by atoms with Crippen molar-refractivity contribution < 1.29 is 14.4 Å². The standard InChI is InChI=1S/C10H15N3O3/c1-13-6-2-3-7(13)10-11-8(16-12-10)4-5-9(14)15/h7H,2-6H2,1H3,(H,14,15). The maximum Gasteiger partial charge on any atom is 0.303 e. The number of likely N-dealkylation sites (tertiary alicyclic amines) is 1. The van der Waals surface area contributed by atoms with Gasteiger partial charge in [-0.15, -0.1) is 0 Å². The molecule has 0 aliphatic carbocycles. The molecule has 1 aliphatic heterocycles. The highest BCUT2D eigenvalue weighted by atomic mass is 16.5. The Balaban J connectivity index is 1.99. The van der Waals surface area contributed by atoms with Gasteiger partial charge in [0.25, 0.3) is 0 Å². The zero-order chi connectivity index (χ0) is 11.5. The second-order valence-electron chi connectivity index (χ2n) is 4.08. The first-order valence-corrected chi connectivity index (χ1v) is 5.41. The molecule has 0 saturated carbocycles. The van der Waals surface area contributed by atoms with E-state index in [-0.39, 0.29) is 12.5 Å². The van der Waals surface area contributed by atoms with Crippen molar-refractivity contribution in [2.24, 2.45) is 0 Å². The molecular weight excluding hydrogens is 210 g/mol. The van der Waals surface area contributed by atoms with Gasteiger partial charge in [0, 0.05) is 6.42 Å². The van der Waals surface area contributed by atoms with Gasteiger partial charge in [0.15, 0.2) is 5.82 Å². The summed E-state index contributed by atoms with van der Waals surface area (Å²) in [4.78, 5) is 16.8. The maximum absolute atomic E-state index is 10.4. The number of hydrogen-bond acceptors (Lipinski definition) is 5. The number of aromatic nitrogens is 2. The molecule has 0 spiro atoms. The van der Waals surface area contributed by atoms with Crippen LogP contribution in [0.5, 0.6) is 0 Å². The van der Waals surface area contributed by atoms with Gasteiger partial charge in [-0.2, -0.15) is 4.98 Å². The van der Waals surface area contributed by atoms with Crippen molar-refractivity contribution in [2.75, 3.05) is 13.6 Å². The molecule has 0 amide bonds. The van der Waals surface area contributed by atoms with Crippen LogP contribution in [0, 0.1) is 0 Å². The molecule has 1 unspecified atom stereocenters. The van der Waals surface area contributed by atoms with E-state index < -0.39 is 5.97 Å². The Bertz CT molecular complexity index is 377. The van der Waals surface area contributed by atoms with E-state index in [1.54, 1.807) is 0 Å². The largest absolute Gasteiger partial charge is 0.481 e. The summed E-state index contributed by atoms with van der Waals surface area (Å²) in [5, 5.41) is 12.4. The van der Waals surface area contributed by atoms with Crippen LogP contribution in [0.25, 0.3) is 0 Å². The lowest BCUT2D eigenvalue weighted by Crippen LogP contribution is -2.18. The maximum atomic E-state index is 10.4. The molecule has 0 radical (unpaired) electrons. The Morgan fingerprint density at radius 2 is 2.50 bits per heavy atom. The van der Waals surface area contributed by atoms with Gasteiger partial charge in [0.2, 0.25) is 5.89 Å². The van der Waals surface area contributed by atoms with Gasteiger partial charge in [-0.3, -0.25) is 9.69 Å². The van der Waals surface area contributed by atoms with Crippen LogP contribution < -0.4 is 0 Å². The Labute approximate surface area is 93.2 Å². The number of rotatable bonds is 4. The number of carboxylic acid groups (broad SMARTS) is 1. The summed E-state index contributed by atoms with van der Waals surface area (Å²) < 4.78 is 5.02. The van der Waals surface area contributed by atoms with E-state index in [4.69, 9.17) is 9.63 Å². The van der Waals surface area contributed by atoms with Gasteiger partial charge >= 0.3 is 5.97 Å². The van der Waals surface area contributed by atoms with Gasteiger partial charge in [0.1, 0.15) is 0 Å². The molecule has 0 bridgehead atoms. The topological polar surface area (TPSA) is 79.5 Å². The molecule has 6 heteroatoms. The SMILES string of the molecule is CN1CCCC1c1noc(CCC(=O)O)n1. The highest BCUT2D eigenvalue weighted by Crippen LogP contribution is 2.28. The number of aliphatic carboxylic acids is 1. The van der Waals surface area contributed by atoms with Crippen LogP contribution in [-0.2, 0) is 11.2 Å². The minimum Gasteiger partial charge on any atom is -0.481 e. The second-order valence-corrected chi connectivity index (χ2v) is 4.08. The summed E-state index contributed by atoms with van der Waals surface area (Å²) in [5.41, 5.74) is 0. The molecule has 1 N–H and O–H groups in total. The summed E-state index contributed by atoms with van der Waals surface area (Å²) >= 11 is 0. The van der Waals surface area contributed by atoms with Crippen LogP contribution in [0.2, 0.25) is 0 Å². The summed E-state index contributed by atoms with van der Waals surface area (Å²) in [5.74, 6) is 0.246. The van der Waals surface area contributed by atoms with E-state index in [2.05, 4.69) is 15.0 Å². The fourth-order valence-corrected chi connectivity index (χ4v) is 1.96. The van der Waals surface area contributed by atoms with Crippen LogP contribution >= 0.6 is 0 Å². The lowest BCUT2D eigenvalue weighted by Gasteiger charge is -2.14. The van der Waals surface area contributed by atoms with E-state index >= 15 is 0 Å². The molecule has 2 rings (SSSR count). The molecule has 0 aromatic carbocycles. The van der Waals surface area contributed by atoms with Gasteiger partial charge in [0.05, 0.1) is 12.5 Å². The van der Waals surface area contributed by atoms with Crippen molar-refractivity contribution in [2.45, 2.75) is 31.7 Å². The average Bonchev–Trinajstić information content (AvgIpc) is 2.83. The van der Waals surface area contributed by atoms with Crippen LogP contribution in [0.3, 0.4) is 0 Å². The van der Waals surface area contributed by atoms with Gasteiger partial charge in [-0.25, -0.2) is 0 Å². The van der Waals surface area contributed by atoms with E-state index in [0.717, 1.165) is 19.4 Å². The Kier molecular flexibility index (Phi) is 3.19. The van der Waals surface area contributed by atoms with Gasteiger partial charge < -0.3 is 9.63 Å². The third kappa shape index (κ3) is 2.38. The zero-order valence-electron chi connectivity index (χ0n) is 9.22. The molecule has 1 aliphatic rings. The highest BCUT2D eigenvalue weighted by molar-refractivity contribution is 5.66. The second kappa shape index (κ2) is 4.61. The van der Waals surface area contributed by atoms with Crippen molar-refractivity contribution in [3.05, 3.63) is 11.7 Å². The van der Waals surface area contributed by atoms with E-state index in [9.17, 15) is 4.79 Å². The summed E-state index contributed by atoms with van der Waals surface area (Å²) in [6.45, 7) is 1.05. The Morgan fingerprint density at radius 1 is 1.69 bits per heavy atom. The van der Waals surface area contributed by atoms with Crippen molar-refractivity contribution in [3.8, 4) is 0 Å². The molecule has 1 aromatic heterocycles. The fourth-order valence-electron chi connectivity index (χ4n) is 1.96. The van der Waals surface area contributed by atoms with E-state index in [1.807, 2.05) is 7.05 Å². The van der Waals surface area contributed by atoms with Crippen molar-refractivity contribution in [3.63, 3.8) is 0 Å². The molecule has 2 heterocycles. The molecule has 1 aromatic rings. The number of nitrogens with zero attached hydrogens (tertiary/aromatic N) is 3. The zero-order valence-corrected chi connectivity index (χ0v) is 9.22. The molecule has 16 heavy (non-hydrogen) atoms.